The molecule has 9 heteroatoms. The Kier molecular flexibility index (Phi) is 5.04. The van der Waals surface area contributed by atoms with E-state index in [1.54, 1.807) is 14.1 Å². The zero-order valence-electron chi connectivity index (χ0n) is 16.3. The number of carbonyl (C=O) groups is 1. The van der Waals surface area contributed by atoms with Gasteiger partial charge in [-0.3, -0.25) is 24.0 Å². The monoisotopic (exact) mass is 422 g/mol. The van der Waals surface area contributed by atoms with Gasteiger partial charge in [-0.15, -0.1) is 11.8 Å². The van der Waals surface area contributed by atoms with E-state index < -0.39 is 4.92 Å². The highest BCUT2D eigenvalue weighted by Gasteiger charge is 2.21. The molecular formula is C21H18N4O4S. The van der Waals surface area contributed by atoms with Gasteiger partial charge in [-0.2, -0.15) is 0 Å². The molecule has 30 heavy (non-hydrogen) atoms. The van der Waals surface area contributed by atoms with Crippen LogP contribution in [-0.2, 0) is 18.9 Å². The maximum atomic E-state index is 12.5. The van der Waals surface area contributed by atoms with Crippen LogP contribution in [0.3, 0.4) is 0 Å². The molecular weight excluding hydrogens is 404 g/mol. The first-order valence-electron chi connectivity index (χ1n) is 9.10. The first-order chi connectivity index (χ1) is 14.3. The van der Waals surface area contributed by atoms with Crippen molar-refractivity contribution in [3.8, 4) is 0 Å². The molecule has 8 nitrogen and oxygen atoms in total. The first kappa shape index (κ1) is 19.7. The molecule has 0 aliphatic carbocycles. The largest absolute Gasteiger partial charge is 0.328 e. The van der Waals surface area contributed by atoms with Gasteiger partial charge in [0, 0.05) is 25.1 Å². The fourth-order valence-corrected chi connectivity index (χ4v) is 4.12. The lowest BCUT2D eigenvalue weighted by Gasteiger charge is -2.08. The second-order valence-electron chi connectivity index (χ2n) is 6.86. The Morgan fingerprint density at radius 1 is 1.03 bits per heavy atom. The van der Waals surface area contributed by atoms with Crippen LogP contribution in [0.2, 0.25) is 0 Å². The molecule has 0 unspecified atom stereocenters. The number of hydrogen-bond acceptors (Lipinski definition) is 5. The second-order valence-corrected chi connectivity index (χ2v) is 7.91. The van der Waals surface area contributed by atoms with Crippen LogP contribution >= 0.6 is 11.8 Å². The maximum absolute atomic E-state index is 12.5. The summed E-state index contributed by atoms with van der Waals surface area (Å²) in [6, 6.07) is 16.6. The highest BCUT2D eigenvalue weighted by Crippen LogP contribution is 2.30. The number of nitro groups is 1. The van der Waals surface area contributed by atoms with Crippen molar-refractivity contribution in [2.24, 2.45) is 14.1 Å². The van der Waals surface area contributed by atoms with Crippen molar-refractivity contribution in [2.45, 2.75) is 4.90 Å². The third-order valence-corrected chi connectivity index (χ3v) is 5.94. The fourth-order valence-electron chi connectivity index (χ4n) is 3.38. The molecule has 3 aromatic carbocycles. The molecule has 4 aromatic rings. The van der Waals surface area contributed by atoms with Gasteiger partial charge < -0.3 is 5.32 Å². The number of imidazole rings is 1. The lowest BCUT2D eigenvalue weighted by Crippen LogP contribution is -2.19. The molecule has 1 N–H and O–H groups in total. The van der Waals surface area contributed by atoms with E-state index in [4.69, 9.17) is 0 Å². The number of nitro benzene ring substituents is 1. The quantitative estimate of drug-likeness (QED) is 0.301. The van der Waals surface area contributed by atoms with Crippen LogP contribution < -0.4 is 11.0 Å². The van der Waals surface area contributed by atoms with Crippen molar-refractivity contribution in [1.82, 2.24) is 9.13 Å². The van der Waals surface area contributed by atoms with Crippen LogP contribution in [0.25, 0.3) is 21.8 Å². The van der Waals surface area contributed by atoms with Crippen LogP contribution in [0.1, 0.15) is 0 Å². The van der Waals surface area contributed by atoms with Gasteiger partial charge in [0.25, 0.3) is 5.69 Å². The summed E-state index contributed by atoms with van der Waals surface area (Å²) in [6.45, 7) is 0. The summed E-state index contributed by atoms with van der Waals surface area (Å²) in [4.78, 5) is 36.5. The standard InChI is InChI=1S/C21H18N4O4S/c1-23-18-10-16(17(25(28)29)11-19(18)24(2)21(23)27)22-20(26)12-30-15-8-7-13-5-3-4-6-14(13)9-15/h3-11H,12H2,1-2H3,(H,22,26). The van der Waals surface area contributed by atoms with E-state index in [-0.39, 0.29) is 28.7 Å². The molecule has 0 bridgehead atoms. The molecule has 152 valence electrons. The molecule has 0 saturated heterocycles. The third-order valence-electron chi connectivity index (χ3n) is 4.95. The summed E-state index contributed by atoms with van der Waals surface area (Å²) in [5, 5.41) is 16.3. The van der Waals surface area contributed by atoms with E-state index in [2.05, 4.69) is 5.32 Å². The number of anilines is 1. The summed E-state index contributed by atoms with van der Waals surface area (Å²) >= 11 is 1.35. The highest BCUT2D eigenvalue weighted by atomic mass is 32.2. The summed E-state index contributed by atoms with van der Waals surface area (Å²) in [6.07, 6.45) is 0. The molecule has 0 atom stereocenters. The molecule has 0 radical (unpaired) electrons. The topological polar surface area (TPSA) is 99.2 Å². The number of rotatable bonds is 5. The van der Waals surface area contributed by atoms with Crippen LogP contribution in [0.5, 0.6) is 0 Å². The lowest BCUT2D eigenvalue weighted by molar-refractivity contribution is -0.383. The Bertz CT molecular complexity index is 1370. The lowest BCUT2D eigenvalue weighted by atomic mass is 10.1. The van der Waals surface area contributed by atoms with Gasteiger partial charge in [0.15, 0.2) is 0 Å². The highest BCUT2D eigenvalue weighted by molar-refractivity contribution is 8.00. The Morgan fingerprint density at radius 2 is 1.70 bits per heavy atom. The van der Waals surface area contributed by atoms with Gasteiger partial charge in [0.2, 0.25) is 5.91 Å². The minimum atomic E-state index is -0.566. The number of thioether (sulfide) groups is 1. The zero-order valence-corrected chi connectivity index (χ0v) is 17.1. The first-order valence-corrected chi connectivity index (χ1v) is 10.1. The number of carbonyl (C=O) groups excluding carboxylic acids is 1. The van der Waals surface area contributed by atoms with Crippen molar-refractivity contribution in [2.75, 3.05) is 11.1 Å². The van der Waals surface area contributed by atoms with Crippen LogP contribution in [0, 0.1) is 10.1 Å². The minimum Gasteiger partial charge on any atom is -0.320 e. The molecule has 0 saturated carbocycles. The molecule has 0 aliphatic heterocycles. The number of aromatic nitrogens is 2. The molecule has 1 heterocycles. The maximum Gasteiger partial charge on any atom is 0.328 e. The summed E-state index contributed by atoms with van der Waals surface area (Å²) in [7, 11) is 3.13. The Hall–Kier alpha value is -3.59. The van der Waals surface area contributed by atoms with E-state index in [1.807, 2.05) is 42.5 Å². The van der Waals surface area contributed by atoms with Gasteiger partial charge in [-0.1, -0.05) is 30.3 Å². The van der Waals surface area contributed by atoms with Crippen molar-refractivity contribution in [1.29, 1.82) is 0 Å². The average molecular weight is 422 g/mol. The summed E-state index contributed by atoms with van der Waals surface area (Å²) in [5.41, 5.74) is 0.448. The normalized spacial score (nSPS) is 11.1. The minimum absolute atomic E-state index is 0.0674. The number of aryl methyl sites for hydroxylation is 2. The van der Waals surface area contributed by atoms with Gasteiger partial charge >= 0.3 is 5.69 Å². The van der Waals surface area contributed by atoms with Crippen molar-refractivity contribution >= 4 is 50.8 Å². The number of hydrogen-bond donors (Lipinski definition) is 1. The van der Waals surface area contributed by atoms with E-state index in [9.17, 15) is 19.7 Å². The molecule has 1 amide bonds. The predicted octanol–water partition coefficient (Wildman–Crippen LogP) is 3.67. The third kappa shape index (κ3) is 3.55. The Labute approximate surface area is 175 Å². The van der Waals surface area contributed by atoms with Crippen LogP contribution in [0.4, 0.5) is 11.4 Å². The van der Waals surface area contributed by atoms with Gasteiger partial charge in [-0.05, 0) is 29.0 Å². The molecule has 1 aromatic heterocycles. The van der Waals surface area contributed by atoms with Gasteiger partial charge in [-0.25, -0.2) is 4.79 Å². The number of amides is 1. The molecule has 4 rings (SSSR count). The second kappa shape index (κ2) is 7.68. The number of benzene rings is 3. The van der Waals surface area contributed by atoms with Crippen LogP contribution in [0.15, 0.2) is 64.3 Å². The van der Waals surface area contributed by atoms with Gasteiger partial charge in [0.05, 0.1) is 21.7 Å². The van der Waals surface area contributed by atoms with Crippen molar-refractivity contribution < 1.29 is 9.72 Å². The SMILES string of the molecule is Cn1c(=O)n(C)c2cc([N+](=O)[O-])c(NC(=O)CSc3ccc4ccccc4c3)cc21. The van der Waals surface area contributed by atoms with Crippen molar-refractivity contribution in [3.05, 3.63) is 75.2 Å². The van der Waals surface area contributed by atoms with E-state index in [1.165, 1.54) is 33.0 Å². The van der Waals surface area contributed by atoms with Crippen LogP contribution in [-0.4, -0.2) is 25.7 Å². The Balaban J connectivity index is 1.57. The van der Waals surface area contributed by atoms with E-state index >= 15 is 0 Å². The van der Waals surface area contributed by atoms with E-state index in [0.717, 1.165) is 15.7 Å². The summed E-state index contributed by atoms with van der Waals surface area (Å²) in [5.74, 6) is -0.266. The van der Waals surface area contributed by atoms with Crippen molar-refractivity contribution in [3.63, 3.8) is 0 Å². The number of fused-ring (bicyclic) bond motifs is 2. The summed E-state index contributed by atoms with van der Waals surface area (Å²) < 4.78 is 2.72. The smallest absolute Gasteiger partial charge is 0.320 e. The molecule has 0 aliphatic rings. The molecule has 0 spiro atoms. The zero-order chi connectivity index (χ0) is 21.4. The van der Waals surface area contributed by atoms with E-state index in [0.29, 0.717) is 11.0 Å². The average Bonchev–Trinajstić information content (AvgIpc) is 2.95. The Morgan fingerprint density at radius 3 is 2.40 bits per heavy atom. The number of nitrogens with one attached hydrogen (secondary N) is 1. The molecule has 0 fully saturated rings. The van der Waals surface area contributed by atoms with Gasteiger partial charge in [0.1, 0.15) is 5.69 Å². The number of nitrogens with zero attached hydrogens (tertiary/aromatic N) is 3. The fraction of sp³-hybridized carbons (Fsp3) is 0.143. The predicted molar refractivity (Wildman–Crippen MR) is 118 cm³/mol.